The maximum Gasteiger partial charge on any atom is 0.229 e. The molecule has 2 heterocycles. The lowest BCUT2D eigenvalue weighted by Gasteiger charge is -2.34. The van der Waals surface area contributed by atoms with E-state index in [9.17, 15) is 0 Å². The van der Waals surface area contributed by atoms with Crippen LogP contribution in [0.4, 0.5) is 34.5 Å². The third-order valence-electron chi connectivity index (χ3n) is 7.45. The van der Waals surface area contributed by atoms with E-state index in [0.29, 0.717) is 5.95 Å². The van der Waals surface area contributed by atoms with Crippen LogP contribution in [0.1, 0.15) is 43.7 Å². The van der Waals surface area contributed by atoms with Crippen LogP contribution in [0.2, 0.25) is 0 Å². The highest BCUT2D eigenvalue weighted by atomic mass is 15.2. The Morgan fingerprint density at radius 2 is 1.70 bits per heavy atom. The lowest BCUT2D eigenvalue weighted by molar-refractivity contribution is 0.313. The molecule has 0 spiro atoms. The molecule has 3 aromatic rings. The maximum absolute atomic E-state index is 4.97. The van der Waals surface area contributed by atoms with E-state index < -0.39 is 0 Å². The second-order valence-corrected chi connectivity index (χ2v) is 9.99. The molecule has 1 fully saturated rings. The number of benzene rings is 2. The van der Waals surface area contributed by atoms with E-state index in [-0.39, 0.29) is 0 Å². The highest BCUT2D eigenvalue weighted by molar-refractivity contribution is 5.78. The van der Waals surface area contributed by atoms with Crippen LogP contribution in [0, 0.1) is 0 Å². The van der Waals surface area contributed by atoms with Crippen molar-refractivity contribution in [1.82, 2.24) is 14.9 Å². The van der Waals surface area contributed by atoms with Crippen LogP contribution in [-0.2, 0) is 6.42 Å². The quantitative estimate of drug-likeness (QED) is 0.338. The minimum Gasteiger partial charge on any atom is -0.388 e. The van der Waals surface area contributed by atoms with E-state index in [2.05, 4.69) is 88.3 Å². The van der Waals surface area contributed by atoms with Crippen molar-refractivity contribution >= 4 is 40.1 Å². The lowest BCUT2D eigenvalue weighted by atomic mass is 9.95. The molecule has 2 aromatic carbocycles. The Labute approximate surface area is 221 Å². The normalized spacial score (nSPS) is 16.3. The molecule has 0 saturated carbocycles. The van der Waals surface area contributed by atoms with Crippen LogP contribution in [0.25, 0.3) is 5.57 Å². The summed E-state index contributed by atoms with van der Waals surface area (Å²) >= 11 is 0. The number of rotatable bonds is 8. The average Bonchev–Trinajstić information content (AvgIpc) is 2.95. The summed E-state index contributed by atoms with van der Waals surface area (Å²) in [6.45, 7) is 6.54. The van der Waals surface area contributed by atoms with Gasteiger partial charge in [0.25, 0.3) is 0 Å². The summed E-state index contributed by atoms with van der Waals surface area (Å²) < 4.78 is 0. The van der Waals surface area contributed by atoms with E-state index in [1.165, 1.54) is 29.7 Å². The Morgan fingerprint density at radius 3 is 2.41 bits per heavy atom. The van der Waals surface area contributed by atoms with Crippen molar-refractivity contribution in [2.45, 2.75) is 39.0 Å². The number of piperazine rings is 1. The van der Waals surface area contributed by atoms with Crippen LogP contribution in [0.3, 0.4) is 0 Å². The molecule has 1 saturated heterocycles. The number of hydrogen-bond donors (Lipinski definition) is 3. The van der Waals surface area contributed by atoms with Gasteiger partial charge in [-0.1, -0.05) is 13.0 Å². The molecular weight excluding hydrogens is 458 g/mol. The van der Waals surface area contributed by atoms with E-state index >= 15 is 0 Å². The first-order chi connectivity index (χ1) is 18.1. The zero-order valence-electron chi connectivity index (χ0n) is 22.3. The predicted octanol–water partition coefficient (Wildman–Crippen LogP) is 6.28. The van der Waals surface area contributed by atoms with Crippen LogP contribution in [0.15, 0.2) is 54.7 Å². The number of aryl methyl sites for hydroxylation is 1. The smallest absolute Gasteiger partial charge is 0.229 e. The fraction of sp³-hybridized carbons (Fsp3) is 0.400. The molecule has 1 aliphatic carbocycles. The molecular formula is C30H39N7. The molecule has 1 aromatic heterocycles. The van der Waals surface area contributed by atoms with Crippen LogP contribution in [-0.4, -0.2) is 55.1 Å². The van der Waals surface area contributed by atoms with Gasteiger partial charge in [0, 0.05) is 67.7 Å². The number of likely N-dealkylation sites (N-methyl/N-ethyl adjacent to an activating group) is 1. The monoisotopic (exact) mass is 497 g/mol. The zero-order valence-corrected chi connectivity index (χ0v) is 22.3. The molecule has 0 unspecified atom stereocenters. The third-order valence-corrected chi connectivity index (χ3v) is 7.45. The molecule has 3 N–H and O–H groups in total. The van der Waals surface area contributed by atoms with Crippen molar-refractivity contribution in [1.29, 1.82) is 0 Å². The van der Waals surface area contributed by atoms with Gasteiger partial charge in [-0.05, 0) is 92.8 Å². The second-order valence-electron chi connectivity index (χ2n) is 9.99. The van der Waals surface area contributed by atoms with Crippen molar-refractivity contribution in [3.63, 3.8) is 0 Å². The number of hydrogen-bond acceptors (Lipinski definition) is 7. The lowest BCUT2D eigenvalue weighted by Crippen LogP contribution is -2.44. The summed E-state index contributed by atoms with van der Waals surface area (Å²) in [5.74, 6) is 1.45. The molecule has 0 bridgehead atoms. The van der Waals surface area contributed by atoms with Crippen molar-refractivity contribution in [2.24, 2.45) is 0 Å². The van der Waals surface area contributed by atoms with E-state index in [1.54, 1.807) is 0 Å². The van der Waals surface area contributed by atoms with Gasteiger partial charge in [-0.25, -0.2) is 4.98 Å². The second kappa shape index (κ2) is 11.6. The summed E-state index contributed by atoms with van der Waals surface area (Å²) in [5.41, 5.74) is 8.14. The largest absolute Gasteiger partial charge is 0.388 e. The van der Waals surface area contributed by atoms with Crippen molar-refractivity contribution in [3.8, 4) is 0 Å². The molecule has 7 heteroatoms. The van der Waals surface area contributed by atoms with Gasteiger partial charge in [0.15, 0.2) is 0 Å². The molecule has 0 atom stereocenters. The Morgan fingerprint density at radius 1 is 0.919 bits per heavy atom. The molecule has 2 aliphatic rings. The molecule has 5 rings (SSSR count). The summed E-state index contributed by atoms with van der Waals surface area (Å²) in [7, 11) is 4.12. The number of allylic oxidation sites excluding steroid dienone is 2. The molecule has 37 heavy (non-hydrogen) atoms. The summed E-state index contributed by atoms with van der Waals surface area (Å²) in [6.07, 6.45) is 9.90. The van der Waals surface area contributed by atoms with E-state index in [4.69, 9.17) is 9.97 Å². The minimum absolute atomic E-state index is 0.608. The Kier molecular flexibility index (Phi) is 7.90. The molecule has 0 amide bonds. The molecule has 1 aliphatic heterocycles. The predicted molar refractivity (Wildman–Crippen MR) is 157 cm³/mol. The van der Waals surface area contributed by atoms with Crippen molar-refractivity contribution < 1.29 is 0 Å². The standard InChI is InChI=1S/C30H39N7/c1-4-22-20-26(37-18-16-36(3)17-19-37)14-15-28(22)34-30-32-21-27(23-8-6-5-7-9-23)29(35-30)33-25-12-10-24(31-2)11-13-25/h8,10-15,20-21,31H,4-7,9,16-19H2,1-3H3,(H2,32,33,34,35). The maximum atomic E-state index is 4.97. The third kappa shape index (κ3) is 6.05. The van der Waals surface area contributed by atoms with Gasteiger partial charge in [-0.2, -0.15) is 4.98 Å². The van der Waals surface area contributed by atoms with Gasteiger partial charge < -0.3 is 25.8 Å². The van der Waals surface area contributed by atoms with Gasteiger partial charge in [0.1, 0.15) is 5.82 Å². The number of nitrogens with one attached hydrogen (secondary N) is 3. The first-order valence-corrected chi connectivity index (χ1v) is 13.6. The highest BCUT2D eigenvalue weighted by Gasteiger charge is 2.17. The summed E-state index contributed by atoms with van der Waals surface area (Å²) in [4.78, 5) is 14.6. The Balaban J connectivity index is 1.41. The van der Waals surface area contributed by atoms with Gasteiger partial charge in [0.05, 0.1) is 0 Å². The van der Waals surface area contributed by atoms with E-state index in [1.807, 2.05) is 13.2 Å². The van der Waals surface area contributed by atoms with Crippen LogP contribution in [0.5, 0.6) is 0 Å². The fourth-order valence-corrected chi connectivity index (χ4v) is 5.09. The number of aromatic nitrogens is 2. The first-order valence-electron chi connectivity index (χ1n) is 13.6. The fourth-order valence-electron chi connectivity index (χ4n) is 5.09. The molecule has 7 nitrogen and oxygen atoms in total. The van der Waals surface area contributed by atoms with Crippen molar-refractivity contribution in [2.75, 3.05) is 61.1 Å². The average molecular weight is 498 g/mol. The van der Waals surface area contributed by atoms with E-state index in [0.717, 1.165) is 73.9 Å². The van der Waals surface area contributed by atoms with Gasteiger partial charge >= 0.3 is 0 Å². The number of anilines is 6. The number of nitrogens with zero attached hydrogens (tertiary/aromatic N) is 4. The molecule has 0 radical (unpaired) electrons. The SMILES string of the molecule is CCc1cc(N2CCN(C)CC2)ccc1Nc1ncc(C2=CCCCC2)c(Nc2ccc(NC)cc2)n1. The minimum atomic E-state index is 0.608. The van der Waals surface area contributed by atoms with Crippen molar-refractivity contribution in [3.05, 3.63) is 65.9 Å². The zero-order chi connectivity index (χ0) is 25.6. The topological polar surface area (TPSA) is 68.3 Å². The Bertz CT molecular complexity index is 1230. The molecule has 194 valence electrons. The van der Waals surface area contributed by atoms with Gasteiger partial charge in [0.2, 0.25) is 5.95 Å². The highest BCUT2D eigenvalue weighted by Crippen LogP contribution is 2.33. The van der Waals surface area contributed by atoms with Gasteiger partial charge in [-0.15, -0.1) is 0 Å². The summed E-state index contributed by atoms with van der Waals surface area (Å²) in [5, 5.41) is 10.3. The first kappa shape index (κ1) is 25.1. The van der Waals surface area contributed by atoms with Crippen LogP contribution >= 0.6 is 0 Å². The van der Waals surface area contributed by atoms with Gasteiger partial charge in [-0.3, -0.25) is 0 Å². The Hall–Kier alpha value is -3.58. The van der Waals surface area contributed by atoms with Crippen LogP contribution < -0.4 is 20.9 Å². The summed E-state index contributed by atoms with van der Waals surface area (Å²) in [6, 6.07) is 15.0.